The Balaban J connectivity index is 1.25. The van der Waals surface area contributed by atoms with Gasteiger partial charge in [-0.2, -0.15) is 0 Å². The maximum atomic E-state index is 11.3. The van der Waals surface area contributed by atoms with Crippen LogP contribution in [0.3, 0.4) is 0 Å². The van der Waals surface area contributed by atoms with Gasteiger partial charge in [0, 0.05) is 18.5 Å². The van der Waals surface area contributed by atoms with Crippen molar-refractivity contribution in [3.63, 3.8) is 0 Å². The van der Waals surface area contributed by atoms with E-state index >= 15 is 0 Å². The molecule has 0 radical (unpaired) electrons. The summed E-state index contributed by atoms with van der Waals surface area (Å²) in [5.41, 5.74) is 8.43. The third kappa shape index (κ3) is 6.34. The van der Waals surface area contributed by atoms with Crippen LogP contribution in [0.5, 0.6) is 5.75 Å². The number of fused-ring (bicyclic) bond motifs is 3. The van der Waals surface area contributed by atoms with Crippen molar-refractivity contribution in [1.29, 1.82) is 0 Å². The number of aliphatic carboxylic acids is 1. The largest absolute Gasteiger partial charge is 0.494 e. The van der Waals surface area contributed by atoms with Gasteiger partial charge in [-0.15, -0.1) is 0 Å². The number of hydrogen-bond acceptors (Lipinski definition) is 5. The molecule has 3 aromatic rings. The number of carboxylic acids is 1. The Morgan fingerprint density at radius 3 is 2.51 bits per heavy atom. The highest BCUT2D eigenvalue weighted by atomic mass is 32.2. The van der Waals surface area contributed by atoms with Gasteiger partial charge in [0.05, 0.1) is 18.3 Å². The van der Waals surface area contributed by atoms with Crippen molar-refractivity contribution >= 4 is 21.5 Å². The monoisotopic (exact) mass is 519 g/mol. The molecule has 7 heteroatoms. The van der Waals surface area contributed by atoms with Crippen LogP contribution in [0.25, 0.3) is 11.1 Å². The predicted molar refractivity (Wildman–Crippen MR) is 146 cm³/mol. The first-order chi connectivity index (χ1) is 17.8. The Hall–Kier alpha value is -3.32. The van der Waals surface area contributed by atoms with Crippen molar-refractivity contribution in [3.8, 4) is 16.9 Å². The highest BCUT2D eigenvalue weighted by molar-refractivity contribution is 7.90. The molecular weight excluding hydrogens is 486 g/mol. The Morgan fingerprint density at radius 1 is 1.00 bits per heavy atom. The molecule has 1 fully saturated rings. The molecule has 2 aliphatic rings. The standard InChI is InChI=1S/C30H33NO5S/c1-37(34,35)15-3-14-36-25-12-13-26-23(17-25)5-2-4-21-7-6-20(16-27(21)26)19-31-24-10-8-22(9-11-24)28-18-29(28)30(32)33/h6-13,16-17,28-29,31H,2-5,14-15,18-19H2,1H3,(H,32,33)/t28-,29+/m1/s1. The third-order valence-corrected chi connectivity index (χ3v) is 8.33. The van der Waals surface area contributed by atoms with E-state index in [-0.39, 0.29) is 17.6 Å². The lowest BCUT2D eigenvalue weighted by atomic mass is 9.94. The van der Waals surface area contributed by atoms with Gasteiger partial charge < -0.3 is 15.2 Å². The maximum Gasteiger partial charge on any atom is 0.307 e. The van der Waals surface area contributed by atoms with Gasteiger partial charge in [-0.05, 0) is 102 Å². The number of hydrogen-bond donors (Lipinski definition) is 2. The van der Waals surface area contributed by atoms with Gasteiger partial charge in [0.2, 0.25) is 0 Å². The number of benzene rings is 3. The topological polar surface area (TPSA) is 92.7 Å². The summed E-state index contributed by atoms with van der Waals surface area (Å²) in [7, 11) is -2.97. The lowest BCUT2D eigenvalue weighted by Crippen LogP contribution is -2.08. The Morgan fingerprint density at radius 2 is 1.78 bits per heavy atom. The first-order valence-corrected chi connectivity index (χ1v) is 15.0. The number of rotatable bonds is 10. The lowest BCUT2D eigenvalue weighted by Gasteiger charge is -2.14. The molecule has 0 saturated heterocycles. The molecule has 37 heavy (non-hydrogen) atoms. The molecule has 2 aliphatic carbocycles. The molecule has 2 atom stereocenters. The van der Waals surface area contributed by atoms with Crippen LogP contribution in [0.15, 0.2) is 60.7 Å². The molecule has 2 N–H and O–H groups in total. The van der Waals surface area contributed by atoms with Crippen molar-refractivity contribution in [1.82, 2.24) is 0 Å². The first-order valence-electron chi connectivity index (χ1n) is 12.9. The van der Waals surface area contributed by atoms with E-state index in [9.17, 15) is 13.2 Å². The van der Waals surface area contributed by atoms with Crippen LogP contribution in [0.4, 0.5) is 5.69 Å². The fourth-order valence-electron chi connectivity index (χ4n) is 5.20. The van der Waals surface area contributed by atoms with Crippen LogP contribution in [-0.2, 0) is 34.0 Å². The summed E-state index contributed by atoms with van der Waals surface area (Å²) in [5.74, 6) is 0.138. The third-order valence-electron chi connectivity index (χ3n) is 7.30. The minimum absolute atomic E-state index is 0.137. The van der Waals surface area contributed by atoms with E-state index in [2.05, 4.69) is 35.6 Å². The molecule has 0 amide bonds. The second-order valence-electron chi connectivity index (χ2n) is 10.3. The average Bonchev–Trinajstić information content (AvgIpc) is 3.69. The fourth-order valence-corrected chi connectivity index (χ4v) is 5.84. The van der Waals surface area contributed by atoms with Crippen LogP contribution in [0.2, 0.25) is 0 Å². The fraction of sp³-hybridized carbons (Fsp3) is 0.367. The van der Waals surface area contributed by atoms with Crippen LogP contribution in [0, 0.1) is 5.92 Å². The molecule has 5 rings (SSSR count). The SMILES string of the molecule is CS(=O)(=O)CCCOc1ccc2c(c1)CCCc1ccc(CNc3ccc([C@H]4C[C@@H]4C(=O)O)cc3)cc1-2. The normalized spacial score (nSPS) is 18.3. The number of carbonyl (C=O) groups is 1. The van der Waals surface area contributed by atoms with Gasteiger partial charge in [-0.25, -0.2) is 8.42 Å². The number of aryl methyl sites for hydroxylation is 2. The molecule has 1 saturated carbocycles. The van der Waals surface area contributed by atoms with E-state index in [1.54, 1.807) is 0 Å². The minimum atomic E-state index is -2.97. The first kappa shape index (κ1) is 25.3. The van der Waals surface area contributed by atoms with Crippen molar-refractivity contribution in [2.45, 2.75) is 44.6 Å². The molecule has 0 aliphatic heterocycles. The quantitative estimate of drug-likeness (QED) is 0.346. The molecule has 6 nitrogen and oxygen atoms in total. The van der Waals surface area contributed by atoms with Crippen LogP contribution in [0.1, 0.15) is 47.4 Å². The number of sulfone groups is 1. The minimum Gasteiger partial charge on any atom is -0.494 e. The number of ether oxygens (including phenoxy) is 1. The van der Waals surface area contributed by atoms with Gasteiger partial charge in [0.25, 0.3) is 0 Å². The van der Waals surface area contributed by atoms with E-state index < -0.39 is 15.8 Å². The van der Waals surface area contributed by atoms with Gasteiger partial charge >= 0.3 is 5.97 Å². The van der Waals surface area contributed by atoms with Gasteiger partial charge in [0.1, 0.15) is 15.6 Å². The molecule has 0 aromatic heterocycles. The van der Waals surface area contributed by atoms with Gasteiger partial charge in [-0.1, -0.05) is 30.3 Å². The summed E-state index contributed by atoms with van der Waals surface area (Å²) >= 11 is 0. The highest BCUT2D eigenvalue weighted by Gasteiger charge is 2.44. The summed E-state index contributed by atoms with van der Waals surface area (Å²) in [5, 5.41) is 12.7. The zero-order valence-corrected chi connectivity index (χ0v) is 21.9. The summed E-state index contributed by atoms with van der Waals surface area (Å²) in [4.78, 5) is 11.1. The van der Waals surface area contributed by atoms with Crippen molar-refractivity contribution in [2.24, 2.45) is 5.92 Å². The Bertz CT molecular complexity index is 1400. The second kappa shape index (κ2) is 10.6. The summed E-state index contributed by atoms with van der Waals surface area (Å²) in [6, 6.07) is 21.0. The Kier molecular flexibility index (Phi) is 7.24. The molecule has 0 bridgehead atoms. The summed E-state index contributed by atoms with van der Waals surface area (Å²) in [6.45, 7) is 1.09. The molecule has 0 unspecified atom stereocenters. The average molecular weight is 520 g/mol. The van der Waals surface area contributed by atoms with Crippen molar-refractivity contribution < 1.29 is 23.1 Å². The van der Waals surface area contributed by atoms with E-state index in [1.165, 1.54) is 34.1 Å². The molecule has 194 valence electrons. The van der Waals surface area contributed by atoms with Crippen LogP contribution >= 0.6 is 0 Å². The Labute approximate surface area is 218 Å². The maximum absolute atomic E-state index is 11.3. The predicted octanol–water partition coefficient (Wildman–Crippen LogP) is 5.46. The van der Waals surface area contributed by atoms with E-state index in [0.717, 1.165) is 42.7 Å². The smallest absolute Gasteiger partial charge is 0.307 e. The van der Waals surface area contributed by atoms with E-state index in [4.69, 9.17) is 9.84 Å². The molecular formula is C30H33NO5S. The number of nitrogens with one attached hydrogen (secondary N) is 1. The molecule has 3 aromatic carbocycles. The van der Waals surface area contributed by atoms with E-state index in [0.29, 0.717) is 19.6 Å². The zero-order valence-electron chi connectivity index (χ0n) is 21.1. The van der Waals surface area contributed by atoms with Gasteiger partial charge in [0.15, 0.2) is 0 Å². The molecule has 0 spiro atoms. The summed E-state index contributed by atoms with van der Waals surface area (Å²) < 4.78 is 28.5. The van der Waals surface area contributed by atoms with Crippen molar-refractivity contribution in [3.05, 3.63) is 82.9 Å². The van der Waals surface area contributed by atoms with Gasteiger partial charge in [-0.3, -0.25) is 4.79 Å². The highest BCUT2D eigenvalue weighted by Crippen LogP contribution is 2.47. The summed E-state index contributed by atoms with van der Waals surface area (Å²) in [6.07, 6.45) is 5.55. The molecule has 0 heterocycles. The second-order valence-corrected chi connectivity index (χ2v) is 12.5. The van der Waals surface area contributed by atoms with Crippen LogP contribution < -0.4 is 10.1 Å². The number of anilines is 1. The van der Waals surface area contributed by atoms with Crippen molar-refractivity contribution in [2.75, 3.05) is 23.9 Å². The van der Waals surface area contributed by atoms with E-state index in [1.807, 2.05) is 30.3 Å². The van der Waals surface area contributed by atoms with Crippen LogP contribution in [-0.4, -0.2) is 38.1 Å². The number of carboxylic acid groups (broad SMARTS) is 1. The lowest BCUT2D eigenvalue weighted by molar-refractivity contribution is -0.138. The zero-order chi connectivity index (χ0) is 26.0.